The van der Waals surface area contributed by atoms with Crippen LogP contribution in [-0.2, 0) is 64.8 Å². The number of carboxylic acid groups (broad SMARTS) is 2. The summed E-state index contributed by atoms with van der Waals surface area (Å²) in [6, 6.07) is 19.7. The highest BCUT2D eigenvalue weighted by Crippen LogP contribution is 2.72. The van der Waals surface area contributed by atoms with Crippen LogP contribution in [0.2, 0.25) is 0 Å². The molecule has 5 heterocycles. The number of aromatic nitrogens is 4. The van der Waals surface area contributed by atoms with E-state index in [0.29, 0.717) is 59.3 Å². The molecule has 0 spiro atoms. The van der Waals surface area contributed by atoms with Gasteiger partial charge < -0.3 is 74.8 Å². The molecule has 94 heavy (non-hydrogen) atoms. The van der Waals surface area contributed by atoms with Gasteiger partial charge in [0.05, 0.1) is 47.6 Å². The molecule has 5 fully saturated rings. The van der Waals surface area contributed by atoms with Gasteiger partial charge in [-0.1, -0.05) is 49.4 Å². The lowest BCUT2D eigenvalue weighted by Gasteiger charge is -2.69. The molecule has 3 aromatic heterocycles. The normalized spacial score (nSPS) is 25.7. The van der Waals surface area contributed by atoms with Crippen LogP contribution < -0.4 is 30.7 Å². The number of aromatic carboxylic acids is 1. The number of carbonyl (C=O) groups excluding carboxylic acids is 3. The van der Waals surface area contributed by atoms with Crippen LogP contribution in [0, 0.1) is 23.2 Å². The molecule has 4 bridgehead atoms. The van der Waals surface area contributed by atoms with Gasteiger partial charge in [0, 0.05) is 73.8 Å². The molecular formula is C64H77N9O19S2. The number of hydrogen-bond acceptors (Lipinski definition) is 22. The first-order chi connectivity index (χ1) is 44.6. The van der Waals surface area contributed by atoms with Gasteiger partial charge in [0.15, 0.2) is 16.9 Å². The maximum Gasteiger partial charge on any atom is 0.409 e. The molecule has 2 unspecified atom stereocenters. The van der Waals surface area contributed by atoms with Crippen LogP contribution in [-0.4, -0.2) is 194 Å². The third-order valence-corrected chi connectivity index (χ3v) is 20.1. The highest BCUT2D eigenvalue weighted by Gasteiger charge is 2.66. The highest BCUT2D eigenvalue weighted by atomic mass is 32.2. The zero-order valence-corrected chi connectivity index (χ0v) is 53.9. The van der Waals surface area contributed by atoms with Crippen LogP contribution in [0.25, 0.3) is 21.3 Å². The maximum absolute atomic E-state index is 13.8. The number of para-hydroxylation sites is 1. The lowest BCUT2D eigenvalue weighted by atomic mass is 9.39. The number of rotatable bonds is 26. The van der Waals surface area contributed by atoms with Crippen LogP contribution in [0.1, 0.15) is 95.6 Å². The van der Waals surface area contributed by atoms with E-state index in [1.807, 2.05) is 59.0 Å². The van der Waals surface area contributed by atoms with Crippen molar-refractivity contribution in [3.63, 3.8) is 0 Å². The molecule has 1 saturated heterocycles. The topological polar surface area (TPSA) is 396 Å². The summed E-state index contributed by atoms with van der Waals surface area (Å²) in [4.78, 5) is 77.2. The molecule has 3 amide bonds. The number of anilines is 2. The molecule has 504 valence electrons. The van der Waals surface area contributed by atoms with Crippen molar-refractivity contribution in [1.82, 2.24) is 30.0 Å². The zero-order valence-electron chi connectivity index (χ0n) is 52.3. The molecule has 4 aliphatic carbocycles. The molecule has 4 saturated carbocycles. The Balaban J connectivity index is 0.716. The Hall–Kier alpha value is -7.91. The van der Waals surface area contributed by atoms with Crippen LogP contribution in [0.15, 0.2) is 79.0 Å². The van der Waals surface area contributed by atoms with Crippen molar-refractivity contribution in [3.8, 4) is 22.6 Å². The molecule has 8 atom stereocenters. The van der Waals surface area contributed by atoms with Gasteiger partial charge in [-0.05, 0) is 122 Å². The van der Waals surface area contributed by atoms with Crippen LogP contribution in [0.4, 0.5) is 15.7 Å². The monoisotopic (exact) mass is 1340 g/mol. The van der Waals surface area contributed by atoms with E-state index in [0.717, 1.165) is 65.6 Å². The number of nitrogens with two attached hydrogens (primary N) is 1. The predicted molar refractivity (Wildman–Crippen MR) is 339 cm³/mol. The fourth-order valence-electron chi connectivity index (χ4n) is 15.3. The van der Waals surface area contributed by atoms with E-state index in [2.05, 4.69) is 29.5 Å². The SMILES string of the molecule is Cc1c(-c2ccc(N3CCc4cccc(C(=O)Nc5nc6ccccc6s5)c4C3)nc2C(=O)O)cnn1CC12CC3(C)CC(C)(C1)CC(OCCN(C)C(=O)OCc1ccc(O[C@@H]4O[C@H](C(=O)O)[C@@H](O)[C@H](O)[C@H]4O)cc1OCCOCCNC(=O)[C@@H](N)CS(=O)(=O)O)(C3)C2. The van der Waals surface area contributed by atoms with E-state index in [4.69, 9.17) is 48.8 Å². The number of ether oxygens (including phenoxy) is 6. The van der Waals surface area contributed by atoms with E-state index >= 15 is 0 Å². The summed E-state index contributed by atoms with van der Waals surface area (Å²) in [6.45, 7) is 7.89. The van der Waals surface area contributed by atoms with Crippen LogP contribution in [0.3, 0.4) is 0 Å². The summed E-state index contributed by atoms with van der Waals surface area (Å²) >= 11 is 1.40. The Morgan fingerprint density at radius 2 is 1.65 bits per heavy atom. The van der Waals surface area contributed by atoms with Gasteiger partial charge in [0.2, 0.25) is 12.2 Å². The second kappa shape index (κ2) is 27.1. The van der Waals surface area contributed by atoms with Gasteiger partial charge in [-0.2, -0.15) is 13.5 Å². The van der Waals surface area contributed by atoms with Gasteiger partial charge in [-0.25, -0.2) is 24.4 Å². The zero-order chi connectivity index (χ0) is 67.1. The number of pyridine rings is 1. The van der Waals surface area contributed by atoms with Crippen molar-refractivity contribution in [2.75, 3.05) is 69.1 Å². The Bertz CT molecular complexity index is 3930. The van der Waals surface area contributed by atoms with Gasteiger partial charge in [-0.3, -0.25) is 24.1 Å². The van der Waals surface area contributed by atoms with Crippen molar-refractivity contribution in [1.29, 1.82) is 0 Å². The average Bonchev–Trinajstić information content (AvgIpc) is 0.714. The van der Waals surface area contributed by atoms with Gasteiger partial charge >= 0.3 is 18.0 Å². The summed E-state index contributed by atoms with van der Waals surface area (Å²) in [7, 11) is -2.90. The van der Waals surface area contributed by atoms with Crippen molar-refractivity contribution in [2.45, 2.75) is 128 Å². The van der Waals surface area contributed by atoms with Crippen molar-refractivity contribution < 1.29 is 90.9 Å². The van der Waals surface area contributed by atoms with E-state index < -0.39 is 82.2 Å². The summed E-state index contributed by atoms with van der Waals surface area (Å²) in [5.41, 5.74) is 10.1. The fourth-order valence-corrected chi connectivity index (χ4v) is 16.8. The molecule has 6 aromatic rings. The minimum Gasteiger partial charge on any atom is -0.491 e. The third-order valence-electron chi connectivity index (χ3n) is 18.3. The number of aliphatic hydroxyl groups is 3. The smallest absolute Gasteiger partial charge is 0.409 e. The number of nitrogens with zero attached hydrogens (tertiary/aromatic N) is 6. The molecule has 30 heteroatoms. The highest BCUT2D eigenvalue weighted by molar-refractivity contribution is 7.85. The molecule has 10 N–H and O–H groups in total. The first-order valence-electron chi connectivity index (χ1n) is 30.8. The lowest BCUT2D eigenvalue weighted by Crippen LogP contribution is -2.64. The van der Waals surface area contributed by atoms with Gasteiger partial charge in [0.1, 0.15) is 54.9 Å². The number of carboxylic acids is 2. The Labute approximate surface area is 545 Å². The lowest BCUT2D eigenvalue weighted by molar-refractivity contribution is -0.271. The first kappa shape index (κ1) is 67.5. The number of carbonyl (C=O) groups is 5. The standard InChI is InChI=1S/C64H77N9O19S2/c1-36-42(40-14-15-48(69-49(40)56(79)80)72-18-16-37-8-7-9-41(43(37)26-72)54(77)70-59-68-45-10-5-6-11-47(45)93-59)25-67-73(36)35-63-30-61(2)29-62(3,31-63)33-64(32-61,34-63)90-21-19-71(4)60(83)89-27-38-12-13-39(91-58-52(76)50(74)51(75)53(92-58)57(81)82)24-46(38)88-23-22-87-20-17-66-55(78)44(65)28-94(84,85)86/h5-15,24-25,44,50-53,58,74-76H,16-23,26-35,65H2,1-4H3,(H,66,78)(H,79,80)(H,81,82)(H,68,70,77)(H,84,85,86)/t44-,50-,51-,52+,53-,58+,61?,62?,63?,64?/m0/s1. The molecule has 2 aliphatic heterocycles. The first-order valence-corrected chi connectivity index (χ1v) is 33.3. The van der Waals surface area contributed by atoms with Crippen LogP contribution >= 0.6 is 11.3 Å². The number of benzene rings is 3. The van der Waals surface area contributed by atoms with Crippen molar-refractivity contribution >= 4 is 72.5 Å². The Kier molecular flexibility index (Phi) is 19.4. The predicted octanol–water partition coefficient (Wildman–Crippen LogP) is 4.78. The quantitative estimate of drug-likeness (QED) is 0.0261. The summed E-state index contributed by atoms with van der Waals surface area (Å²) in [5.74, 6) is -4.31. The molecule has 3 aromatic carbocycles. The molecule has 12 rings (SSSR count). The summed E-state index contributed by atoms with van der Waals surface area (Å²) in [6.07, 6.45) is -2.40. The number of thiazole rings is 1. The molecule has 6 aliphatic rings. The molecule has 0 radical (unpaired) electrons. The number of nitrogens with one attached hydrogen (secondary N) is 2. The Morgan fingerprint density at radius 3 is 2.38 bits per heavy atom. The average molecular weight is 1340 g/mol. The molecule has 28 nitrogen and oxygen atoms in total. The van der Waals surface area contributed by atoms with E-state index in [9.17, 15) is 57.9 Å². The van der Waals surface area contributed by atoms with E-state index in [1.54, 1.807) is 25.4 Å². The van der Waals surface area contributed by atoms with Gasteiger partial charge in [-0.15, -0.1) is 0 Å². The van der Waals surface area contributed by atoms with Gasteiger partial charge in [0.25, 0.3) is 16.0 Å². The minimum atomic E-state index is -4.49. The summed E-state index contributed by atoms with van der Waals surface area (Å²) in [5, 5.41) is 62.3. The van der Waals surface area contributed by atoms with Crippen LogP contribution in [0.5, 0.6) is 11.5 Å². The number of hydrogen-bond donors (Lipinski definition) is 9. The Morgan fingerprint density at radius 1 is 0.883 bits per heavy atom. The maximum atomic E-state index is 13.8. The van der Waals surface area contributed by atoms with Crippen molar-refractivity contribution in [3.05, 3.63) is 113 Å². The number of fused-ring (bicyclic) bond motifs is 2. The van der Waals surface area contributed by atoms with Crippen molar-refractivity contribution in [2.24, 2.45) is 22.0 Å². The number of aliphatic carboxylic acids is 1. The molecular weight excluding hydrogens is 1260 g/mol. The number of likely N-dealkylation sites (N-methyl/N-ethyl adjacent to an activating group) is 1. The minimum absolute atomic E-state index is 0.0309. The van der Waals surface area contributed by atoms with E-state index in [-0.39, 0.29) is 85.5 Å². The second-order valence-corrected chi connectivity index (χ2v) is 28.7. The fraction of sp³-hybridized carbons (Fsp3) is 0.500. The number of amides is 3. The second-order valence-electron chi connectivity index (χ2n) is 26.1. The summed E-state index contributed by atoms with van der Waals surface area (Å²) < 4.78 is 69.4. The van der Waals surface area contributed by atoms with E-state index in [1.165, 1.54) is 34.4 Å². The number of aliphatic hydroxyl groups excluding tert-OH is 3. The largest absolute Gasteiger partial charge is 0.491 e. The third kappa shape index (κ3) is 14.9.